The number of aromatic nitrogens is 1. The molecule has 0 aliphatic heterocycles. The molecule has 0 aliphatic carbocycles. The summed E-state index contributed by atoms with van der Waals surface area (Å²) in [6.45, 7) is 9.68. The SMILES string of the molecule is CC(C)CCNC(=O)c1cncc(C(=O)NCCC(C)C)c1. The molecule has 1 rings (SSSR count). The molecule has 1 aromatic heterocycles. The fourth-order valence-corrected chi connectivity index (χ4v) is 1.84. The molecule has 22 heavy (non-hydrogen) atoms. The molecule has 2 N–H and O–H groups in total. The van der Waals surface area contributed by atoms with E-state index in [1.54, 1.807) is 6.07 Å². The molecule has 0 aliphatic rings. The number of hydrogen-bond donors (Lipinski definition) is 2. The van der Waals surface area contributed by atoms with Gasteiger partial charge >= 0.3 is 0 Å². The molecule has 1 aromatic rings. The summed E-state index contributed by atoms with van der Waals surface area (Å²) in [5, 5.41) is 5.69. The second-order valence-corrected chi connectivity index (χ2v) is 6.34. The summed E-state index contributed by atoms with van der Waals surface area (Å²) < 4.78 is 0. The quantitative estimate of drug-likeness (QED) is 0.775. The van der Waals surface area contributed by atoms with E-state index in [2.05, 4.69) is 43.3 Å². The fourth-order valence-electron chi connectivity index (χ4n) is 1.84. The number of hydrogen-bond acceptors (Lipinski definition) is 3. The number of carbonyl (C=O) groups excluding carboxylic acids is 2. The standard InChI is InChI=1S/C17H27N3O2/c1-12(2)5-7-19-16(21)14-9-15(11-18-10-14)17(22)20-8-6-13(3)4/h9-13H,5-8H2,1-4H3,(H,19,21)(H,20,22). The van der Waals surface area contributed by atoms with Gasteiger partial charge in [-0.25, -0.2) is 0 Å². The zero-order valence-corrected chi connectivity index (χ0v) is 14.0. The van der Waals surface area contributed by atoms with Crippen molar-refractivity contribution in [2.45, 2.75) is 40.5 Å². The third kappa shape index (κ3) is 6.70. The molecule has 5 nitrogen and oxygen atoms in total. The van der Waals surface area contributed by atoms with Crippen molar-refractivity contribution in [2.75, 3.05) is 13.1 Å². The third-order valence-corrected chi connectivity index (χ3v) is 3.28. The highest BCUT2D eigenvalue weighted by atomic mass is 16.2. The molecule has 0 unspecified atom stereocenters. The van der Waals surface area contributed by atoms with E-state index in [-0.39, 0.29) is 11.8 Å². The molecule has 2 amide bonds. The van der Waals surface area contributed by atoms with Crippen molar-refractivity contribution in [3.63, 3.8) is 0 Å². The predicted octanol–water partition coefficient (Wildman–Crippen LogP) is 2.63. The minimum atomic E-state index is -0.190. The lowest BCUT2D eigenvalue weighted by Crippen LogP contribution is -2.27. The van der Waals surface area contributed by atoms with Gasteiger partial charge in [0.15, 0.2) is 0 Å². The van der Waals surface area contributed by atoms with Gasteiger partial charge in [0.2, 0.25) is 0 Å². The summed E-state index contributed by atoms with van der Waals surface area (Å²) in [4.78, 5) is 28.0. The van der Waals surface area contributed by atoms with E-state index in [1.165, 1.54) is 12.4 Å². The molecular weight excluding hydrogens is 278 g/mol. The summed E-state index contributed by atoms with van der Waals surface area (Å²) in [5.74, 6) is 0.697. The van der Waals surface area contributed by atoms with E-state index < -0.39 is 0 Å². The maximum atomic E-state index is 12.0. The Kier molecular flexibility index (Phi) is 7.57. The van der Waals surface area contributed by atoms with Crippen LogP contribution in [0.4, 0.5) is 0 Å². The Morgan fingerprint density at radius 3 is 1.68 bits per heavy atom. The summed E-state index contributed by atoms with van der Waals surface area (Å²) in [5.41, 5.74) is 0.834. The molecule has 0 aromatic carbocycles. The van der Waals surface area contributed by atoms with Crippen LogP contribution < -0.4 is 10.6 Å². The molecule has 0 bridgehead atoms. The lowest BCUT2D eigenvalue weighted by molar-refractivity contribution is 0.0951. The molecule has 0 spiro atoms. The lowest BCUT2D eigenvalue weighted by atomic mass is 10.1. The van der Waals surface area contributed by atoms with Crippen LogP contribution in [0.3, 0.4) is 0 Å². The first-order valence-corrected chi connectivity index (χ1v) is 7.91. The predicted molar refractivity (Wildman–Crippen MR) is 87.8 cm³/mol. The van der Waals surface area contributed by atoms with Gasteiger partial charge in [-0.1, -0.05) is 27.7 Å². The summed E-state index contributed by atoms with van der Waals surface area (Å²) >= 11 is 0. The Hall–Kier alpha value is -1.91. The molecular formula is C17H27N3O2. The van der Waals surface area contributed by atoms with Gasteiger partial charge in [-0.3, -0.25) is 14.6 Å². The Labute approximate surface area is 132 Å². The monoisotopic (exact) mass is 305 g/mol. The highest BCUT2D eigenvalue weighted by Crippen LogP contribution is 2.04. The maximum Gasteiger partial charge on any atom is 0.252 e. The fraction of sp³-hybridized carbons (Fsp3) is 0.588. The molecule has 1 heterocycles. The minimum absolute atomic E-state index is 0.190. The zero-order chi connectivity index (χ0) is 16.5. The van der Waals surface area contributed by atoms with Crippen molar-refractivity contribution >= 4 is 11.8 Å². The summed E-state index contributed by atoms with van der Waals surface area (Å²) in [7, 11) is 0. The van der Waals surface area contributed by atoms with Crippen LogP contribution in [0.25, 0.3) is 0 Å². The molecule has 0 radical (unpaired) electrons. The number of rotatable bonds is 8. The second-order valence-electron chi connectivity index (χ2n) is 6.34. The number of carbonyl (C=O) groups is 2. The third-order valence-electron chi connectivity index (χ3n) is 3.28. The minimum Gasteiger partial charge on any atom is -0.352 e. The summed E-state index contributed by atoms with van der Waals surface area (Å²) in [6.07, 6.45) is 4.81. The number of amides is 2. The van der Waals surface area contributed by atoms with Gasteiger partial charge in [-0.2, -0.15) is 0 Å². The molecule has 5 heteroatoms. The van der Waals surface area contributed by atoms with Crippen LogP contribution in [0.15, 0.2) is 18.5 Å². The van der Waals surface area contributed by atoms with Crippen molar-refractivity contribution in [2.24, 2.45) is 11.8 Å². The van der Waals surface area contributed by atoms with Crippen LogP contribution in [-0.2, 0) is 0 Å². The first-order valence-electron chi connectivity index (χ1n) is 7.91. The van der Waals surface area contributed by atoms with Crippen LogP contribution in [-0.4, -0.2) is 29.9 Å². The van der Waals surface area contributed by atoms with E-state index in [4.69, 9.17) is 0 Å². The highest BCUT2D eigenvalue weighted by Gasteiger charge is 2.11. The van der Waals surface area contributed by atoms with E-state index in [0.717, 1.165) is 12.8 Å². The number of nitrogens with one attached hydrogen (secondary N) is 2. The Morgan fingerprint density at radius 1 is 0.909 bits per heavy atom. The zero-order valence-electron chi connectivity index (χ0n) is 14.0. The molecule has 122 valence electrons. The Bertz CT molecular complexity index is 457. The molecule has 0 atom stereocenters. The van der Waals surface area contributed by atoms with Crippen molar-refractivity contribution in [3.05, 3.63) is 29.6 Å². The molecule has 0 saturated carbocycles. The average Bonchev–Trinajstić information content (AvgIpc) is 2.46. The van der Waals surface area contributed by atoms with E-state index >= 15 is 0 Å². The normalized spacial score (nSPS) is 10.8. The van der Waals surface area contributed by atoms with Crippen LogP contribution in [0.5, 0.6) is 0 Å². The molecule has 0 fully saturated rings. The van der Waals surface area contributed by atoms with Gasteiger partial charge in [0, 0.05) is 25.5 Å². The van der Waals surface area contributed by atoms with Crippen molar-refractivity contribution in [1.82, 2.24) is 15.6 Å². The lowest BCUT2D eigenvalue weighted by Gasteiger charge is -2.09. The summed E-state index contributed by atoms with van der Waals surface area (Å²) in [6, 6.07) is 1.59. The van der Waals surface area contributed by atoms with Crippen LogP contribution in [0.1, 0.15) is 61.3 Å². The van der Waals surface area contributed by atoms with Gasteiger partial charge in [-0.05, 0) is 30.7 Å². The highest BCUT2D eigenvalue weighted by molar-refractivity contribution is 5.99. The van der Waals surface area contributed by atoms with Gasteiger partial charge in [0.05, 0.1) is 11.1 Å². The number of pyridine rings is 1. The van der Waals surface area contributed by atoms with Gasteiger partial charge in [0.1, 0.15) is 0 Å². The molecule has 0 saturated heterocycles. The average molecular weight is 305 g/mol. The second kappa shape index (κ2) is 9.18. The Balaban J connectivity index is 2.57. The van der Waals surface area contributed by atoms with Crippen molar-refractivity contribution < 1.29 is 9.59 Å². The van der Waals surface area contributed by atoms with E-state index in [9.17, 15) is 9.59 Å². The Morgan fingerprint density at radius 2 is 1.32 bits per heavy atom. The van der Waals surface area contributed by atoms with Crippen LogP contribution in [0, 0.1) is 11.8 Å². The van der Waals surface area contributed by atoms with Gasteiger partial charge < -0.3 is 10.6 Å². The van der Waals surface area contributed by atoms with E-state index in [0.29, 0.717) is 36.1 Å². The van der Waals surface area contributed by atoms with Crippen LogP contribution in [0.2, 0.25) is 0 Å². The topological polar surface area (TPSA) is 71.1 Å². The van der Waals surface area contributed by atoms with Crippen molar-refractivity contribution in [1.29, 1.82) is 0 Å². The van der Waals surface area contributed by atoms with E-state index in [1.807, 2.05) is 0 Å². The first-order chi connectivity index (χ1) is 10.4. The van der Waals surface area contributed by atoms with Gasteiger partial charge in [0.25, 0.3) is 11.8 Å². The largest absolute Gasteiger partial charge is 0.352 e. The maximum absolute atomic E-state index is 12.0. The van der Waals surface area contributed by atoms with Crippen LogP contribution >= 0.6 is 0 Å². The van der Waals surface area contributed by atoms with Gasteiger partial charge in [-0.15, -0.1) is 0 Å². The smallest absolute Gasteiger partial charge is 0.252 e. The van der Waals surface area contributed by atoms with Crippen molar-refractivity contribution in [3.8, 4) is 0 Å². The number of nitrogens with zero attached hydrogens (tertiary/aromatic N) is 1. The first kappa shape index (κ1) is 18.1.